The highest BCUT2D eigenvalue weighted by atomic mass is 35.5. The number of hydrogen-bond acceptors (Lipinski definition) is 6. The van der Waals surface area contributed by atoms with Crippen molar-refractivity contribution in [3.05, 3.63) is 99.6 Å². The van der Waals surface area contributed by atoms with Crippen LogP contribution in [0.2, 0.25) is 5.02 Å². The van der Waals surface area contributed by atoms with E-state index in [1.54, 1.807) is 29.9 Å². The van der Waals surface area contributed by atoms with E-state index in [0.29, 0.717) is 49.9 Å². The monoisotopic (exact) mass is 489 g/mol. The predicted octanol–water partition coefficient (Wildman–Crippen LogP) is 6.30. The van der Waals surface area contributed by atoms with Crippen LogP contribution in [0.25, 0.3) is 28.0 Å². The van der Waals surface area contributed by atoms with Gasteiger partial charge in [-0.3, -0.25) is 9.36 Å². The summed E-state index contributed by atoms with van der Waals surface area (Å²) in [5.41, 5.74) is 2.74. The van der Waals surface area contributed by atoms with Gasteiger partial charge in [-0.25, -0.2) is 9.97 Å². The van der Waals surface area contributed by atoms with Crippen molar-refractivity contribution in [3.63, 3.8) is 0 Å². The number of para-hydroxylation sites is 3. The summed E-state index contributed by atoms with van der Waals surface area (Å²) < 4.78 is 13.0. The normalized spacial score (nSPS) is 11.1. The summed E-state index contributed by atoms with van der Waals surface area (Å²) in [5.74, 6) is 2.30. The fraction of sp³-hybridized carbons (Fsp3) is 0.115. The smallest absolute Gasteiger partial charge is 0.266 e. The van der Waals surface area contributed by atoms with E-state index >= 15 is 0 Å². The second-order valence-corrected chi connectivity index (χ2v) is 8.92. The van der Waals surface area contributed by atoms with Crippen molar-refractivity contribution in [2.45, 2.75) is 17.8 Å². The lowest BCUT2D eigenvalue weighted by atomic mass is 10.2. The number of halogens is 1. The number of benzene rings is 3. The molecule has 2 aromatic heterocycles. The summed E-state index contributed by atoms with van der Waals surface area (Å²) in [6, 6.07) is 22.1. The van der Waals surface area contributed by atoms with E-state index in [0.717, 1.165) is 11.3 Å². The van der Waals surface area contributed by atoms with Crippen LogP contribution in [0.3, 0.4) is 0 Å². The third-order valence-corrected chi connectivity index (χ3v) is 6.59. The lowest BCUT2D eigenvalue weighted by Crippen LogP contribution is -2.22. The topological polar surface area (TPSA) is 70.2 Å². The Kier molecular flexibility index (Phi) is 6.13. The summed E-state index contributed by atoms with van der Waals surface area (Å²) in [5, 5.41) is 1.74. The summed E-state index contributed by atoms with van der Waals surface area (Å²) in [6.45, 7) is 1.88. The highest BCUT2D eigenvalue weighted by molar-refractivity contribution is 7.98. The first kappa shape index (κ1) is 22.3. The molecule has 0 saturated carbocycles. The van der Waals surface area contributed by atoms with E-state index in [2.05, 4.69) is 4.98 Å². The number of aryl methyl sites for hydroxylation is 1. The van der Waals surface area contributed by atoms with Gasteiger partial charge in [-0.05, 0) is 55.5 Å². The molecule has 2 heterocycles. The predicted molar refractivity (Wildman–Crippen MR) is 135 cm³/mol. The van der Waals surface area contributed by atoms with Crippen LogP contribution in [0.1, 0.15) is 11.5 Å². The number of oxazole rings is 1. The van der Waals surface area contributed by atoms with E-state index in [-0.39, 0.29) is 5.56 Å². The van der Waals surface area contributed by atoms with Gasteiger partial charge in [0.25, 0.3) is 5.56 Å². The second-order valence-electron chi connectivity index (χ2n) is 7.54. The molecule has 0 aliphatic heterocycles. The Labute approximate surface area is 205 Å². The van der Waals surface area contributed by atoms with Crippen molar-refractivity contribution in [2.75, 3.05) is 7.11 Å². The molecule has 0 unspecified atom stereocenters. The third-order valence-electron chi connectivity index (χ3n) is 5.39. The molecule has 0 aliphatic carbocycles. The van der Waals surface area contributed by atoms with Gasteiger partial charge in [-0.15, -0.1) is 0 Å². The molecule has 6 nitrogen and oxygen atoms in total. The fourth-order valence-electron chi connectivity index (χ4n) is 3.65. The standard InChI is InChI=1S/C26H20ClN3O3S/c1-16-21(28-24(33-16)17-11-13-18(27)14-12-17)15-34-26-29-20-8-4-3-7-19(20)25(31)30(26)22-9-5-6-10-23(22)32-2/h3-14H,15H2,1-2H3. The van der Waals surface area contributed by atoms with Crippen molar-refractivity contribution >= 4 is 34.3 Å². The zero-order valence-electron chi connectivity index (χ0n) is 18.5. The number of aromatic nitrogens is 3. The minimum absolute atomic E-state index is 0.156. The molecule has 5 rings (SSSR count). The molecule has 0 saturated heterocycles. The molecule has 0 aliphatic rings. The summed E-state index contributed by atoms with van der Waals surface area (Å²) >= 11 is 7.42. The third kappa shape index (κ3) is 4.20. The Morgan fingerprint density at radius 1 is 1.00 bits per heavy atom. The van der Waals surface area contributed by atoms with Crippen LogP contribution < -0.4 is 10.3 Å². The molecule has 34 heavy (non-hydrogen) atoms. The Bertz CT molecular complexity index is 1540. The highest BCUT2D eigenvalue weighted by Gasteiger charge is 2.18. The number of rotatable bonds is 6. The number of ether oxygens (including phenoxy) is 1. The van der Waals surface area contributed by atoms with Crippen LogP contribution in [-0.2, 0) is 5.75 Å². The molecule has 5 aromatic rings. The van der Waals surface area contributed by atoms with Gasteiger partial charge in [-0.2, -0.15) is 0 Å². The van der Waals surface area contributed by atoms with Gasteiger partial charge in [0.05, 0.1) is 29.4 Å². The van der Waals surface area contributed by atoms with E-state index < -0.39 is 0 Å². The molecule has 0 spiro atoms. The molecule has 8 heteroatoms. The molecule has 0 amide bonds. The molecule has 170 valence electrons. The van der Waals surface area contributed by atoms with Gasteiger partial charge >= 0.3 is 0 Å². The zero-order chi connectivity index (χ0) is 23.7. The Morgan fingerprint density at radius 3 is 2.53 bits per heavy atom. The number of nitrogens with zero attached hydrogens (tertiary/aromatic N) is 3. The molecule has 0 N–H and O–H groups in total. The van der Waals surface area contributed by atoms with Crippen molar-refractivity contribution in [1.29, 1.82) is 0 Å². The van der Waals surface area contributed by atoms with Crippen LogP contribution in [0, 0.1) is 6.92 Å². The largest absolute Gasteiger partial charge is 0.495 e. The van der Waals surface area contributed by atoms with E-state index in [4.69, 9.17) is 25.7 Å². The van der Waals surface area contributed by atoms with Gasteiger partial charge in [-0.1, -0.05) is 47.6 Å². The zero-order valence-corrected chi connectivity index (χ0v) is 20.1. The second kappa shape index (κ2) is 9.37. The number of thioether (sulfide) groups is 1. The number of fused-ring (bicyclic) bond motifs is 1. The molecule has 3 aromatic carbocycles. The maximum Gasteiger partial charge on any atom is 0.266 e. The number of methoxy groups -OCH3 is 1. The summed E-state index contributed by atoms with van der Waals surface area (Å²) in [6.07, 6.45) is 0. The van der Waals surface area contributed by atoms with Crippen LogP contribution in [0.4, 0.5) is 0 Å². The Balaban J connectivity index is 1.56. The van der Waals surface area contributed by atoms with Gasteiger partial charge in [0.2, 0.25) is 5.89 Å². The van der Waals surface area contributed by atoms with Crippen molar-refractivity contribution < 1.29 is 9.15 Å². The molecular weight excluding hydrogens is 470 g/mol. The molecule has 0 atom stereocenters. The first-order valence-electron chi connectivity index (χ1n) is 10.6. The van der Waals surface area contributed by atoms with Crippen molar-refractivity contribution in [2.24, 2.45) is 0 Å². The first-order chi connectivity index (χ1) is 16.5. The van der Waals surface area contributed by atoms with Crippen LogP contribution in [-0.4, -0.2) is 21.6 Å². The maximum atomic E-state index is 13.5. The Morgan fingerprint density at radius 2 is 1.74 bits per heavy atom. The van der Waals surface area contributed by atoms with Gasteiger partial charge in [0, 0.05) is 16.3 Å². The van der Waals surface area contributed by atoms with Gasteiger partial charge < -0.3 is 9.15 Å². The quantitative estimate of drug-likeness (QED) is 0.206. The lowest BCUT2D eigenvalue weighted by molar-refractivity contribution is 0.411. The minimum Gasteiger partial charge on any atom is -0.495 e. The van der Waals surface area contributed by atoms with Crippen LogP contribution >= 0.6 is 23.4 Å². The molecular formula is C26H20ClN3O3S. The fourth-order valence-corrected chi connectivity index (χ4v) is 4.78. The summed E-state index contributed by atoms with van der Waals surface area (Å²) in [4.78, 5) is 23.0. The molecule has 0 bridgehead atoms. The number of hydrogen-bond donors (Lipinski definition) is 0. The highest BCUT2D eigenvalue weighted by Crippen LogP contribution is 2.31. The first-order valence-corrected chi connectivity index (χ1v) is 11.9. The Hall–Kier alpha value is -3.55. The average Bonchev–Trinajstić information content (AvgIpc) is 3.23. The summed E-state index contributed by atoms with van der Waals surface area (Å²) in [7, 11) is 1.59. The molecule has 0 radical (unpaired) electrons. The molecule has 0 fully saturated rings. The van der Waals surface area contributed by atoms with Crippen LogP contribution in [0.15, 0.2) is 87.2 Å². The van der Waals surface area contributed by atoms with Crippen molar-refractivity contribution in [3.8, 4) is 22.9 Å². The lowest BCUT2D eigenvalue weighted by Gasteiger charge is -2.15. The van der Waals surface area contributed by atoms with E-state index in [1.165, 1.54) is 11.8 Å². The van der Waals surface area contributed by atoms with Crippen molar-refractivity contribution in [1.82, 2.24) is 14.5 Å². The minimum atomic E-state index is -0.156. The SMILES string of the molecule is COc1ccccc1-n1c(SCc2nc(-c3ccc(Cl)cc3)oc2C)nc2ccccc2c1=O. The average molecular weight is 490 g/mol. The van der Waals surface area contributed by atoms with Gasteiger partial charge in [0.1, 0.15) is 11.5 Å². The van der Waals surface area contributed by atoms with Crippen LogP contribution in [0.5, 0.6) is 5.75 Å². The van der Waals surface area contributed by atoms with E-state index in [1.807, 2.05) is 61.5 Å². The van der Waals surface area contributed by atoms with E-state index in [9.17, 15) is 4.79 Å². The maximum absolute atomic E-state index is 13.5. The van der Waals surface area contributed by atoms with Gasteiger partial charge in [0.15, 0.2) is 5.16 Å².